The number of allylic oxidation sites excluding steroid dienone is 2. The van der Waals surface area contributed by atoms with Gasteiger partial charge < -0.3 is 20.4 Å². The van der Waals surface area contributed by atoms with Crippen molar-refractivity contribution in [3.05, 3.63) is 47.8 Å². The third kappa shape index (κ3) is 7.98. The molecule has 5 nitrogen and oxygen atoms in total. The molecule has 0 amide bonds. The van der Waals surface area contributed by atoms with Gasteiger partial charge in [0.2, 0.25) is 0 Å². The topological polar surface area (TPSA) is 98.0 Å². The molecule has 1 aromatic rings. The first-order valence-electron chi connectivity index (χ1n) is 10.0. The van der Waals surface area contributed by atoms with Crippen LogP contribution in [0.4, 0.5) is 4.39 Å². The Morgan fingerprint density at radius 1 is 1.24 bits per heavy atom. The minimum Gasteiger partial charge on any atom is -0.481 e. The van der Waals surface area contributed by atoms with Crippen molar-refractivity contribution >= 4 is 5.97 Å². The Balaban J connectivity index is 1.83. The minimum atomic E-state index is -0.893. The second-order valence-electron chi connectivity index (χ2n) is 7.56. The van der Waals surface area contributed by atoms with Crippen LogP contribution in [0.25, 0.3) is 0 Å². The van der Waals surface area contributed by atoms with Gasteiger partial charge in [-0.15, -0.1) is 0 Å². The summed E-state index contributed by atoms with van der Waals surface area (Å²) in [7, 11) is 0. The third-order valence-electron chi connectivity index (χ3n) is 5.34. The fraction of sp³-hybridized carbons (Fsp3) is 0.522. The molecule has 158 valence electrons. The maximum atomic E-state index is 13.2. The van der Waals surface area contributed by atoms with E-state index in [0.29, 0.717) is 44.1 Å². The number of halogens is 1. The summed E-state index contributed by atoms with van der Waals surface area (Å²) >= 11 is 0. The van der Waals surface area contributed by atoms with Crippen LogP contribution < -0.4 is 0 Å². The van der Waals surface area contributed by atoms with Crippen molar-refractivity contribution in [3.8, 4) is 11.8 Å². The number of carboxylic acid groups (broad SMARTS) is 1. The standard InChI is InChI=1S/C23H29FO5/c24-17-7-5-6-16(14-17)10-11-18(25)12-13-20-19(21(26)15-22(20)27)8-3-1-2-4-9-23(28)29/h1,3,5-7,14,18-22,25-27H,2,4,8-9,12-13,15H2,(H,28,29)/t18?,19-,20-,21+,22-/m1/s1. The first-order chi connectivity index (χ1) is 13.9. The molecule has 5 atom stereocenters. The second-order valence-corrected chi connectivity index (χ2v) is 7.56. The Morgan fingerprint density at radius 3 is 2.72 bits per heavy atom. The lowest BCUT2D eigenvalue weighted by Crippen LogP contribution is -2.23. The number of carbonyl (C=O) groups is 1. The highest BCUT2D eigenvalue weighted by atomic mass is 19.1. The smallest absolute Gasteiger partial charge is 0.303 e. The van der Waals surface area contributed by atoms with E-state index in [1.165, 1.54) is 12.1 Å². The second kappa shape index (κ2) is 11.7. The lowest BCUT2D eigenvalue weighted by molar-refractivity contribution is -0.137. The predicted molar refractivity (Wildman–Crippen MR) is 107 cm³/mol. The van der Waals surface area contributed by atoms with E-state index < -0.39 is 24.3 Å². The molecule has 1 aliphatic carbocycles. The summed E-state index contributed by atoms with van der Waals surface area (Å²) in [5, 5.41) is 39.3. The van der Waals surface area contributed by atoms with Gasteiger partial charge in [-0.05, 0) is 68.6 Å². The van der Waals surface area contributed by atoms with Gasteiger partial charge in [0.05, 0.1) is 12.2 Å². The zero-order valence-electron chi connectivity index (χ0n) is 16.4. The van der Waals surface area contributed by atoms with Crippen LogP contribution in [0.3, 0.4) is 0 Å². The molecule has 1 aromatic carbocycles. The van der Waals surface area contributed by atoms with E-state index in [1.54, 1.807) is 12.1 Å². The van der Waals surface area contributed by atoms with Crippen molar-refractivity contribution in [2.45, 2.75) is 63.3 Å². The molecule has 2 rings (SSSR count). The van der Waals surface area contributed by atoms with Gasteiger partial charge in [0.1, 0.15) is 11.9 Å². The maximum absolute atomic E-state index is 13.2. The van der Waals surface area contributed by atoms with E-state index in [9.17, 15) is 24.5 Å². The molecule has 0 radical (unpaired) electrons. The zero-order valence-corrected chi connectivity index (χ0v) is 16.4. The largest absolute Gasteiger partial charge is 0.481 e. The maximum Gasteiger partial charge on any atom is 0.303 e. The van der Waals surface area contributed by atoms with Gasteiger partial charge >= 0.3 is 5.97 Å². The molecule has 1 fully saturated rings. The number of hydrogen-bond donors (Lipinski definition) is 4. The molecule has 0 aliphatic heterocycles. The Kier molecular flexibility index (Phi) is 9.33. The van der Waals surface area contributed by atoms with Crippen LogP contribution in [0.2, 0.25) is 0 Å². The number of aliphatic hydroxyl groups is 3. The molecule has 1 saturated carbocycles. The highest BCUT2D eigenvalue weighted by molar-refractivity contribution is 5.66. The fourth-order valence-electron chi connectivity index (χ4n) is 3.80. The Labute approximate surface area is 170 Å². The van der Waals surface area contributed by atoms with Gasteiger partial charge in [0.15, 0.2) is 0 Å². The van der Waals surface area contributed by atoms with Crippen LogP contribution >= 0.6 is 0 Å². The van der Waals surface area contributed by atoms with Crippen LogP contribution in [0.1, 0.15) is 50.5 Å². The molecule has 0 saturated heterocycles. The van der Waals surface area contributed by atoms with Crippen LogP contribution in [0.5, 0.6) is 0 Å². The molecule has 29 heavy (non-hydrogen) atoms. The van der Waals surface area contributed by atoms with Crippen molar-refractivity contribution in [2.24, 2.45) is 11.8 Å². The molecule has 0 bridgehead atoms. The fourth-order valence-corrected chi connectivity index (χ4v) is 3.80. The van der Waals surface area contributed by atoms with E-state index in [4.69, 9.17) is 5.11 Å². The molecular formula is C23H29FO5. The van der Waals surface area contributed by atoms with Gasteiger partial charge in [0, 0.05) is 12.0 Å². The number of carboxylic acids is 1. The predicted octanol–water partition coefficient (Wildman–Crippen LogP) is 2.88. The normalized spacial score (nSPS) is 25.0. The van der Waals surface area contributed by atoms with E-state index in [-0.39, 0.29) is 24.1 Å². The Morgan fingerprint density at radius 2 is 2.00 bits per heavy atom. The highest BCUT2D eigenvalue weighted by Gasteiger charge is 2.40. The molecule has 4 N–H and O–H groups in total. The van der Waals surface area contributed by atoms with Gasteiger partial charge in [-0.1, -0.05) is 30.1 Å². The summed E-state index contributed by atoms with van der Waals surface area (Å²) < 4.78 is 13.2. The van der Waals surface area contributed by atoms with Gasteiger partial charge in [-0.25, -0.2) is 4.39 Å². The monoisotopic (exact) mass is 404 g/mol. The van der Waals surface area contributed by atoms with E-state index in [0.717, 1.165) is 0 Å². The lowest BCUT2D eigenvalue weighted by atomic mass is 9.86. The van der Waals surface area contributed by atoms with Crippen LogP contribution in [-0.2, 0) is 4.79 Å². The van der Waals surface area contributed by atoms with E-state index in [2.05, 4.69) is 11.8 Å². The molecule has 1 aliphatic rings. The Bertz CT molecular complexity index is 751. The number of unbranched alkanes of at least 4 members (excludes halogenated alkanes) is 1. The van der Waals surface area contributed by atoms with Crippen molar-refractivity contribution in [1.82, 2.24) is 0 Å². The number of aliphatic hydroxyl groups excluding tert-OH is 3. The van der Waals surface area contributed by atoms with Crippen LogP contribution in [-0.4, -0.2) is 44.7 Å². The molecule has 0 heterocycles. The summed E-state index contributed by atoms with van der Waals surface area (Å²) in [5.74, 6) is 4.01. The summed E-state index contributed by atoms with van der Waals surface area (Å²) in [6.07, 6.45) is 4.88. The summed E-state index contributed by atoms with van der Waals surface area (Å²) in [6.45, 7) is 0. The van der Waals surface area contributed by atoms with E-state index in [1.807, 2.05) is 12.2 Å². The number of rotatable bonds is 9. The molecule has 6 heteroatoms. The van der Waals surface area contributed by atoms with Crippen LogP contribution in [0, 0.1) is 29.5 Å². The summed E-state index contributed by atoms with van der Waals surface area (Å²) in [5.41, 5.74) is 0.492. The minimum absolute atomic E-state index is 0.107. The number of hydrogen-bond acceptors (Lipinski definition) is 4. The highest BCUT2D eigenvalue weighted by Crippen LogP contribution is 2.38. The molecule has 1 unspecified atom stereocenters. The quantitative estimate of drug-likeness (QED) is 0.288. The first-order valence-corrected chi connectivity index (χ1v) is 10.0. The SMILES string of the molecule is O=C(O)CCCC=CC[C@@H]1[C@@H](CCC(O)C#Cc2cccc(F)c2)[C@H](O)C[C@@H]1O. The lowest BCUT2D eigenvalue weighted by Gasteiger charge is -2.22. The van der Waals surface area contributed by atoms with Crippen molar-refractivity contribution < 1.29 is 29.6 Å². The number of aliphatic carboxylic acids is 1. The Hall–Kier alpha value is -2.20. The van der Waals surface area contributed by atoms with Crippen LogP contribution in [0.15, 0.2) is 36.4 Å². The molecular weight excluding hydrogens is 375 g/mol. The summed E-state index contributed by atoms with van der Waals surface area (Å²) in [4.78, 5) is 10.5. The zero-order chi connectivity index (χ0) is 21.2. The van der Waals surface area contributed by atoms with Crippen molar-refractivity contribution in [3.63, 3.8) is 0 Å². The van der Waals surface area contributed by atoms with E-state index >= 15 is 0 Å². The first kappa shape index (κ1) is 23.1. The third-order valence-corrected chi connectivity index (χ3v) is 5.34. The van der Waals surface area contributed by atoms with Crippen molar-refractivity contribution in [2.75, 3.05) is 0 Å². The van der Waals surface area contributed by atoms with Gasteiger partial charge in [-0.2, -0.15) is 0 Å². The molecule has 0 spiro atoms. The average molecular weight is 404 g/mol. The van der Waals surface area contributed by atoms with Crippen molar-refractivity contribution in [1.29, 1.82) is 0 Å². The van der Waals surface area contributed by atoms with Gasteiger partial charge in [-0.3, -0.25) is 4.79 Å². The molecule has 0 aromatic heterocycles. The van der Waals surface area contributed by atoms with Gasteiger partial charge in [0.25, 0.3) is 0 Å². The average Bonchev–Trinajstić information content (AvgIpc) is 2.93. The number of benzene rings is 1. The summed E-state index contributed by atoms with van der Waals surface area (Å²) in [6, 6.07) is 5.85.